The quantitative estimate of drug-likeness (QED) is 0.744. The zero-order valence-electron chi connectivity index (χ0n) is 7.40. The fourth-order valence-corrected chi connectivity index (χ4v) is 1.27. The van der Waals surface area contributed by atoms with Crippen molar-refractivity contribution in [2.45, 2.75) is 25.4 Å². The van der Waals surface area contributed by atoms with Crippen LogP contribution in [0.3, 0.4) is 0 Å². The number of halogens is 1. The Morgan fingerprint density at radius 3 is 2.62 bits per heavy atom. The lowest BCUT2D eigenvalue weighted by Crippen LogP contribution is -2.24. The van der Waals surface area contributed by atoms with Crippen LogP contribution in [0.5, 0.6) is 5.75 Å². The standard InChI is InChI=1S/C10H13NO.ClH/c11-8-3-1-6-10(7-8)12-9-4-2-5-9;/h1,3,6-7,9H,2,4-5,11H2;1H. The van der Waals surface area contributed by atoms with Gasteiger partial charge >= 0.3 is 0 Å². The summed E-state index contributed by atoms with van der Waals surface area (Å²) in [4.78, 5) is 0. The van der Waals surface area contributed by atoms with Gasteiger partial charge in [-0.1, -0.05) is 6.07 Å². The predicted molar refractivity (Wildman–Crippen MR) is 56.4 cm³/mol. The molecule has 1 aliphatic carbocycles. The van der Waals surface area contributed by atoms with Crippen molar-refractivity contribution in [3.05, 3.63) is 24.3 Å². The van der Waals surface area contributed by atoms with Crippen LogP contribution in [0.15, 0.2) is 24.3 Å². The van der Waals surface area contributed by atoms with Crippen molar-refractivity contribution in [3.63, 3.8) is 0 Å². The van der Waals surface area contributed by atoms with Gasteiger partial charge in [0, 0.05) is 11.8 Å². The summed E-state index contributed by atoms with van der Waals surface area (Å²) < 4.78 is 5.65. The van der Waals surface area contributed by atoms with Crippen LogP contribution in [-0.2, 0) is 0 Å². The monoisotopic (exact) mass is 199 g/mol. The van der Waals surface area contributed by atoms with Gasteiger partial charge in [0.25, 0.3) is 0 Å². The first kappa shape index (κ1) is 10.2. The van der Waals surface area contributed by atoms with E-state index in [4.69, 9.17) is 10.5 Å². The molecule has 0 aliphatic heterocycles. The normalized spacial score (nSPS) is 15.7. The number of anilines is 1. The number of rotatable bonds is 2. The van der Waals surface area contributed by atoms with E-state index in [2.05, 4.69) is 0 Å². The predicted octanol–water partition coefficient (Wildman–Crippen LogP) is 2.62. The molecule has 1 aliphatic rings. The molecule has 1 saturated carbocycles. The number of hydrogen-bond donors (Lipinski definition) is 1. The van der Waals surface area contributed by atoms with Crippen molar-refractivity contribution >= 4 is 18.1 Å². The van der Waals surface area contributed by atoms with Crippen LogP contribution in [0.2, 0.25) is 0 Å². The first-order valence-electron chi connectivity index (χ1n) is 4.37. The van der Waals surface area contributed by atoms with Crippen molar-refractivity contribution in [2.24, 2.45) is 0 Å². The summed E-state index contributed by atoms with van der Waals surface area (Å²) in [5.74, 6) is 0.903. The molecule has 0 aromatic heterocycles. The van der Waals surface area contributed by atoms with Gasteiger partial charge in [-0.25, -0.2) is 0 Å². The SMILES string of the molecule is Cl.Nc1cccc(OC2CCC2)c1. The molecule has 0 radical (unpaired) electrons. The molecule has 72 valence electrons. The molecule has 0 heterocycles. The average Bonchev–Trinajstić information content (AvgIpc) is 1.97. The molecule has 0 atom stereocenters. The highest BCUT2D eigenvalue weighted by Gasteiger charge is 2.18. The van der Waals surface area contributed by atoms with Gasteiger partial charge in [-0.2, -0.15) is 0 Å². The number of ether oxygens (including phenoxy) is 1. The second-order valence-electron chi connectivity index (χ2n) is 3.24. The molecule has 2 nitrogen and oxygen atoms in total. The van der Waals surface area contributed by atoms with Gasteiger partial charge in [-0.15, -0.1) is 12.4 Å². The summed E-state index contributed by atoms with van der Waals surface area (Å²) in [5.41, 5.74) is 6.38. The maximum absolute atomic E-state index is 5.65. The maximum Gasteiger partial charge on any atom is 0.121 e. The Kier molecular flexibility index (Phi) is 3.43. The van der Waals surface area contributed by atoms with Gasteiger partial charge in [0.2, 0.25) is 0 Å². The van der Waals surface area contributed by atoms with E-state index in [1.165, 1.54) is 19.3 Å². The van der Waals surface area contributed by atoms with E-state index in [9.17, 15) is 0 Å². The van der Waals surface area contributed by atoms with Crippen LogP contribution in [0.25, 0.3) is 0 Å². The van der Waals surface area contributed by atoms with Gasteiger partial charge < -0.3 is 10.5 Å². The minimum Gasteiger partial charge on any atom is -0.490 e. The summed E-state index contributed by atoms with van der Waals surface area (Å²) in [5, 5.41) is 0. The van der Waals surface area contributed by atoms with Crippen molar-refractivity contribution < 1.29 is 4.74 Å². The molecule has 0 spiro atoms. The lowest BCUT2D eigenvalue weighted by atomic mass is 9.96. The van der Waals surface area contributed by atoms with Crippen LogP contribution in [0.4, 0.5) is 5.69 Å². The molecular formula is C10H14ClNO. The van der Waals surface area contributed by atoms with Gasteiger partial charge in [0.05, 0.1) is 6.10 Å². The Bertz CT molecular complexity index is 273. The molecule has 0 saturated heterocycles. The fraction of sp³-hybridized carbons (Fsp3) is 0.400. The Morgan fingerprint density at radius 2 is 2.08 bits per heavy atom. The van der Waals surface area contributed by atoms with Gasteiger partial charge in [0.15, 0.2) is 0 Å². The zero-order valence-corrected chi connectivity index (χ0v) is 8.22. The summed E-state index contributed by atoms with van der Waals surface area (Å²) in [7, 11) is 0. The number of hydrogen-bond acceptors (Lipinski definition) is 2. The van der Waals surface area contributed by atoms with Crippen LogP contribution in [0.1, 0.15) is 19.3 Å². The Morgan fingerprint density at radius 1 is 1.31 bits per heavy atom. The summed E-state index contributed by atoms with van der Waals surface area (Å²) >= 11 is 0. The molecule has 2 rings (SSSR count). The van der Waals surface area contributed by atoms with Crippen LogP contribution < -0.4 is 10.5 Å². The molecule has 0 unspecified atom stereocenters. The molecular weight excluding hydrogens is 186 g/mol. The number of nitrogens with two attached hydrogens (primary N) is 1. The molecule has 0 amide bonds. The first-order valence-corrected chi connectivity index (χ1v) is 4.37. The maximum atomic E-state index is 5.65. The van der Waals surface area contributed by atoms with E-state index in [0.717, 1.165) is 11.4 Å². The zero-order chi connectivity index (χ0) is 8.39. The van der Waals surface area contributed by atoms with E-state index in [1.54, 1.807) is 0 Å². The lowest BCUT2D eigenvalue weighted by Gasteiger charge is -2.26. The molecule has 1 aromatic rings. The topological polar surface area (TPSA) is 35.2 Å². The second kappa shape index (κ2) is 4.38. The van der Waals surface area contributed by atoms with E-state index in [1.807, 2.05) is 24.3 Å². The summed E-state index contributed by atoms with van der Waals surface area (Å²) in [6, 6.07) is 7.62. The van der Waals surface area contributed by atoms with Crippen LogP contribution >= 0.6 is 12.4 Å². The third-order valence-corrected chi connectivity index (χ3v) is 2.21. The minimum absolute atomic E-state index is 0. The second-order valence-corrected chi connectivity index (χ2v) is 3.24. The molecule has 3 heteroatoms. The largest absolute Gasteiger partial charge is 0.490 e. The van der Waals surface area contributed by atoms with Crippen LogP contribution in [0, 0.1) is 0 Å². The minimum atomic E-state index is 0. The smallest absolute Gasteiger partial charge is 0.121 e. The van der Waals surface area contributed by atoms with Gasteiger partial charge in [-0.3, -0.25) is 0 Å². The molecule has 1 aromatic carbocycles. The number of nitrogen functional groups attached to an aromatic ring is 1. The molecule has 0 bridgehead atoms. The summed E-state index contributed by atoms with van der Waals surface area (Å²) in [6.07, 6.45) is 4.11. The van der Waals surface area contributed by atoms with Crippen molar-refractivity contribution in [3.8, 4) is 5.75 Å². The first-order chi connectivity index (χ1) is 5.84. The van der Waals surface area contributed by atoms with Crippen LogP contribution in [-0.4, -0.2) is 6.10 Å². The van der Waals surface area contributed by atoms with Crippen molar-refractivity contribution in [1.29, 1.82) is 0 Å². The van der Waals surface area contributed by atoms with Crippen molar-refractivity contribution in [2.75, 3.05) is 5.73 Å². The van der Waals surface area contributed by atoms with E-state index in [-0.39, 0.29) is 12.4 Å². The Hall–Kier alpha value is -0.890. The third-order valence-electron chi connectivity index (χ3n) is 2.21. The average molecular weight is 200 g/mol. The van der Waals surface area contributed by atoms with Gasteiger partial charge in [0.1, 0.15) is 5.75 Å². The molecule has 1 fully saturated rings. The number of benzene rings is 1. The fourth-order valence-electron chi connectivity index (χ4n) is 1.27. The van der Waals surface area contributed by atoms with Gasteiger partial charge in [-0.05, 0) is 31.4 Å². The Balaban J connectivity index is 0.000000845. The van der Waals surface area contributed by atoms with E-state index >= 15 is 0 Å². The lowest BCUT2D eigenvalue weighted by molar-refractivity contribution is 0.120. The van der Waals surface area contributed by atoms with Crippen molar-refractivity contribution in [1.82, 2.24) is 0 Å². The van der Waals surface area contributed by atoms with E-state index in [0.29, 0.717) is 6.10 Å². The highest BCUT2D eigenvalue weighted by molar-refractivity contribution is 5.85. The summed E-state index contributed by atoms with van der Waals surface area (Å²) in [6.45, 7) is 0. The third kappa shape index (κ3) is 2.52. The Labute approximate surface area is 84.5 Å². The molecule has 2 N–H and O–H groups in total. The van der Waals surface area contributed by atoms with E-state index < -0.39 is 0 Å². The highest BCUT2D eigenvalue weighted by Crippen LogP contribution is 2.25. The highest BCUT2D eigenvalue weighted by atomic mass is 35.5. The molecule has 13 heavy (non-hydrogen) atoms.